The van der Waals surface area contributed by atoms with Crippen molar-refractivity contribution in [3.05, 3.63) is 59.2 Å². The number of hydrogen-bond acceptors (Lipinski definition) is 4. The third kappa shape index (κ3) is 6.78. The predicted molar refractivity (Wildman–Crippen MR) is 113 cm³/mol. The number of hydrogen-bond donors (Lipinski definition) is 2. The van der Waals surface area contributed by atoms with Crippen LogP contribution in [0.1, 0.15) is 23.6 Å². The first-order valence-electron chi connectivity index (χ1n) is 9.54. The monoisotopic (exact) mass is 385 g/mol. The SMILES string of the molecule is CCOc1cc(C)ccc1CNC(=NC)NCCOCc1ccccc1OC. The fourth-order valence-corrected chi connectivity index (χ4v) is 2.74. The summed E-state index contributed by atoms with van der Waals surface area (Å²) in [6.45, 7) is 7.06. The van der Waals surface area contributed by atoms with E-state index in [0.29, 0.717) is 32.9 Å². The Morgan fingerprint density at radius 2 is 1.86 bits per heavy atom. The Morgan fingerprint density at radius 3 is 2.61 bits per heavy atom. The van der Waals surface area contributed by atoms with E-state index in [4.69, 9.17) is 14.2 Å². The summed E-state index contributed by atoms with van der Waals surface area (Å²) in [5, 5.41) is 6.57. The molecule has 2 N–H and O–H groups in total. The Bertz CT molecular complexity index is 762. The minimum absolute atomic E-state index is 0.513. The minimum atomic E-state index is 0.513. The van der Waals surface area contributed by atoms with Crippen molar-refractivity contribution in [2.75, 3.05) is 33.9 Å². The van der Waals surface area contributed by atoms with Gasteiger partial charge in [-0.15, -0.1) is 0 Å². The third-order valence-corrected chi connectivity index (χ3v) is 4.18. The van der Waals surface area contributed by atoms with E-state index in [0.717, 1.165) is 28.6 Å². The molecule has 0 saturated carbocycles. The van der Waals surface area contributed by atoms with Gasteiger partial charge in [0.25, 0.3) is 0 Å². The molecular formula is C22H31N3O3. The molecule has 0 spiro atoms. The number of benzene rings is 2. The number of methoxy groups -OCH3 is 1. The minimum Gasteiger partial charge on any atom is -0.496 e. The molecule has 0 amide bonds. The lowest BCUT2D eigenvalue weighted by Crippen LogP contribution is -2.38. The Hall–Kier alpha value is -2.73. The lowest BCUT2D eigenvalue weighted by atomic mass is 10.1. The molecule has 28 heavy (non-hydrogen) atoms. The summed E-state index contributed by atoms with van der Waals surface area (Å²) < 4.78 is 16.8. The van der Waals surface area contributed by atoms with E-state index in [9.17, 15) is 0 Å². The van der Waals surface area contributed by atoms with Crippen LogP contribution in [0.4, 0.5) is 0 Å². The zero-order valence-electron chi connectivity index (χ0n) is 17.2. The van der Waals surface area contributed by atoms with Gasteiger partial charge in [0.1, 0.15) is 11.5 Å². The maximum absolute atomic E-state index is 5.74. The van der Waals surface area contributed by atoms with Gasteiger partial charge in [-0.3, -0.25) is 4.99 Å². The summed E-state index contributed by atoms with van der Waals surface area (Å²) in [4.78, 5) is 4.26. The van der Waals surface area contributed by atoms with Gasteiger partial charge in [0.2, 0.25) is 0 Å². The molecule has 0 unspecified atom stereocenters. The van der Waals surface area contributed by atoms with Gasteiger partial charge in [-0.1, -0.05) is 30.3 Å². The van der Waals surface area contributed by atoms with Crippen molar-refractivity contribution in [1.82, 2.24) is 10.6 Å². The summed E-state index contributed by atoms with van der Waals surface area (Å²) in [5.74, 6) is 2.48. The van der Waals surface area contributed by atoms with E-state index in [-0.39, 0.29) is 0 Å². The smallest absolute Gasteiger partial charge is 0.191 e. The van der Waals surface area contributed by atoms with E-state index in [2.05, 4.69) is 40.7 Å². The number of rotatable bonds is 10. The van der Waals surface area contributed by atoms with Gasteiger partial charge in [0.05, 0.1) is 26.9 Å². The summed E-state index contributed by atoms with van der Waals surface area (Å²) >= 11 is 0. The molecule has 2 aromatic rings. The second kappa shape index (κ2) is 11.9. The van der Waals surface area contributed by atoms with Crippen LogP contribution in [-0.4, -0.2) is 39.9 Å². The van der Waals surface area contributed by atoms with Gasteiger partial charge in [-0.05, 0) is 31.5 Å². The normalized spacial score (nSPS) is 11.2. The number of nitrogens with one attached hydrogen (secondary N) is 2. The maximum atomic E-state index is 5.74. The van der Waals surface area contributed by atoms with Crippen molar-refractivity contribution in [3.63, 3.8) is 0 Å². The molecule has 0 aliphatic rings. The van der Waals surface area contributed by atoms with Crippen LogP contribution >= 0.6 is 0 Å². The Labute approximate surface area is 167 Å². The Morgan fingerprint density at radius 1 is 1.04 bits per heavy atom. The molecule has 0 atom stereocenters. The fraction of sp³-hybridized carbons (Fsp3) is 0.409. The summed E-state index contributed by atoms with van der Waals surface area (Å²) in [7, 11) is 3.42. The highest BCUT2D eigenvalue weighted by atomic mass is 16.5. The van der Waals surface area contributed by atoms with E-state index in [1.165, 1.54) is 5.56 Å². The van der Waals surface area contributed by atoms with Crippen molar-refractivity contribution in [2.45, 2.75) is 27.0 Å². The number of aryl methyl sites for hydroxylation is 1. The Balaban J connectivity index is 1.75. The predicted octanol–water partition coefficient (Wildman–Crippen LogP) is 3.28. The molecule has 0 saturated heterocycles. The highest BCUT2D eigenvalue weighted by Crippen LogP contribution is 2.20. The number of nitrogens with zero attached hydrogens (tertiary/aromatic N) is 1. The largest absolute Gasteiger partial charge is 0.496 e. The third-order valence-electron chi connectivity index (χ3n) is 4.18. The number of guanidine groups is 1. The second-order valence-electron chi connectivity index (χ2n) is 6.26. The molecule has 0 bridgehead atoms. The van der Waals surface area contributed by atoms with Crippen molar-refractivity contribution in [3.8, 4) is 11.5 Å². The first-order chi connectivity index (χ1) is 13.7. The van der Waals surface area contributed by atoms with Gasteiger partial charge in [0.15, 0.2) is 5.96 Å². The maximum Gasteiger partial charge on any atom is 0.191 e. The molecule has 0 aliphatic carbocycles. The summed E-state index contributed by atoms with van der Waals surface area (Å²) in [5.41, 5.74) is 3.32. The topological polar surface area (TPSA) is 64.1 Å². The van der Waals surface area contributed by atoms with E-state index in [1.54, 1.807) is 14.2 Å². The van der Waals surface area contributed by atoms with Crippen molar-refractivity contribution in [2.24, 2.45) is 4.99 Å². The summed E-state index contributed by atoms with van der Waals surface area (Å²) in [6.07, 6.45) is 0. The van der Waals surface area contributed by atoms with E-state index in [1.807, 2.05) is 31.2 Å². The van der Waals surface area contributed by atoms with Crippen LogP contribution in [0, 0.1) is 6.92 Å². The van der Waals surface area contributed by atoms with Crippen LogP contribution < -0.4 is 20.1 Å². The van der Waals surface area contributed by atoms with Gasteiger partial charge in [-0.2, -0.15) is 0 Å². The second-order valence-corrected chi connectivity index (χ2v) is 6.26. The fourth-order valence-electron chi connectivity index (χ4n) is 2.74. The van der Waals surface area contributed by atoms with Crippen molar-refractivity contribution < 1.29 is 14.2 Å². The molecule has 152 valence electrons. The average Bonchev–Trinajstić information content (AvgIpc) is 2.71. The van der Waals surface area contributed by atoms with Crippen molar-refractivity contribution >= 4 is 5.96 Å². The number of aliphatic imine (C=N–C) groups is 1. The van der Waals surface area contributed by atoms with Gasteiger partial charge in [-0.25, -0.2) is 0 Å². The van der Waals surface area contributed by atoms with Crippen LogP contribution in [0.5, 0.6) is 11.5 Å². The molecule has 2 aromatic carbocycles. The van der Waals surface area contributed by atoms with Gasteiger partial charge < -0.3 is 24.8 Å². The van der Waals surface area contributed by atoms with Gasteiger partial charge >= 0.3 is 0 Å². The van der Waals surface area contributed by atoms with Gasteiger partial charge in [0, 0.05) is 31.3 Å². The lowest BCUT2D eigenvalue weighted by molar-refractivity contribution is 0.123. The molecule has 0 aromatic heterocycles. The quantitative estimate of drug-likeness (QED) is 0.373. The van der Waals surface area contributed by atoms with Crippen LogP contribution in [0.2, 0.25) is 0 Å². The lowest BCUT2D eigenvalue weighted by Gasteiger charge is -2.15. The van der Waals surface area contributed by atoms with Crippen LogP contribution in [0.25, 0.3) is 0 Å². The zero-order valence-corrected chi connectivity index (χ0v) is 17.2. The highest BCUT2D eigenvalue weighted by Gasteiger charge is 2.06. The van der Waals surface area contributed by atoms with Crippen LogP contribution in [0.15, 0.2) is 47.5 Å². The zero-order chi connectivity index (χ0) is 20.2. The Kier molecular flexibility index (Phi) is 9.15. The molecule has 2 rings (SSSR count). The van der Waals surface area contributed by atoms with Crippen LogP contribution in [0.3, 0.4) is 0 Å². The molecule has 6 heteroatoms. The molecule has 0 aliphatic heterocycles. The summed E-state index contributed by atoms with van der Waals surface area (Å²) in [6, 6.07) is 14.1. The molecule has 6 nitrogen and oxygen atoms in total. The number of ether oxygens (including phenoxy) is 3. The standard InChI is InChI=1S/C22H31N3O3/c1-5-28-21-14-17(2)10-11-18(21)15-25-22(23-3)24-12-13-27-16-19-8-6-7-9-20(19)26-4/h6-11,14H,5,12-13,15-16H2,1-4H3,(H2,23,24,25). The highest BCUT2D eigenvalue weighted by molar-refractivity contribution is 5.79. The first-order valence-corrected chi connectivity index (χ1v) is 9.54. The van der Waals surface area contributed by atoms with Crippen LogP contribution in [-0.2, 0) is 17.9 Å². The molecule has 0 radical (unpaired) electrons. The average molecular weight is 386 g/mol. The van der Waals surface area contributed by atoms with Crippen molar-refractivity contribution in [1.29, 1.82) is 0 Å². The molecule has 0 fully saturated rings. The van der Waals surface area contributed by atoms with E-state index >= 15 is 0 Å². The number of para-hydroxylation sites is 1. The van der Waals surface area contributed by atoms with E-state index < -0.39 is 0 Å². The molecular weight excluding hydrogens is 354 g/mol. The molecule has 0 heterocycles. The first kappa shape index (κ1) is 21.6.